The van der Waals surface area contributed by atoms with Crippen LogP contribution in [0.1, 0.15) is 18.2 Å². The molecule has 0 N–H and O–H groups in total. The molecule has 0 amide bonds. The van der Waals surface area contributed by atoms with Crippen LogP contribution in [0.25, 0.3) is 23.1 Å². The van der Waals surface area contributed by atoms with Crippen LogP contribution in [0.5, 0.6) is 0 Å². The highest BCUT2D eigenvalue weighted by Gasteiger charge is 2.10. The molecule has 3 heteroatoms. The van der Waals surface area contributed by atoms with Crippen molar-refractivity contribution in [3.8, 4) is 0 Å². The molecule has 2 aromatic carbocycles. The van der Waals surface area contributed by atoms with Crippen LogP contribution in [0.15, 0.2) is 60.7 Å². The Bertz CT molecular complexity index is 853. The SMILES string of the molecule is CC[n+]1c(/C=C/c2cccc(N(C)C)c2)ccc2ccccc21.[Cl-]. The average molecular weight is 339 g/mol. The number of fused-ring (bicyclic) bond motifs is 1. The Morgan fingerprint density at radius 2 is 1.71 bits per heavy atom. The lowest BCUT2D eigenvalue weighted by molar-refractivity contribution is -0.669. The molecule has 0 atom stereocenters. The topological polar surface area (TPSA) is 7.12 Å². The van der Waals surface area contributed by atoms with Crippen molar-refractivity contribution in [2.24, 2.45) is 0 Å². The van der Waals surface area contributed by atoms with Gasteiger partial charge in [-0.15, -0.1) is 0 Å². The Morgan fingerprint density at radius 3 is 2.46 bits per heavy atom. The van der Waals surface area contributed by atoms with E-state index in [1.807, 2.05) is 0 Å². The number of hydrogen-bond acceptors (Lipinski definition) is 1. The van der Waals surface area contributed by atoms with Gasteiger partial charge in [0.05, 0.1) is 0 Å². The third kappa shape index (κ3) is 3.77. The van der Waals surface area contributed by atoms with Gasteiger partial charge in [-0.05, 0) is 42.8 Å². The molecule has 1 aromatic heterocycles. The van der Waals surface area contributed by atoms with Crippen molar-refractivity contribution >= 4 is 28.7 Å². The molecule has 0 aliphatic carbocycles. The van der Waals surface area contributed by atoms with Crippen LogP contribution in [0.2, 0.25) is 0 Å². The lowest BCUT2D eigenvalue weighted by Gasteiger charge is -2.12. The first kappa shape index (κ1) is 18.0. The van der Waals surface area contributed by atoms with Gasteiger partial charge in [0.2, 0.25) is 11.2 Å². The Hall–Kier alpha value is -2.32. The average Bonchev–Trinajstić information content (AvgIpc) is 2.59. The molecule has 0 fully saturated rings. The molecule has 3 rings (SSSR count). The van der Waals surface area contributed by atoms with Gasteiger partial charge in [-0.25, -0.2) is 0 Å². The molecule has 0 unspecified atom stereocenters. The fraction of sp³-hybridized carbons (Fsp3) is 0.190. The number of aryl methyl sites for hydroxylation is 1. The van der Waals surface area contributed by atoms with Crippen molar-refractivity contribution in [2.45, 2.75) is 13.5 Å². The highest BCUT2D eigenvalue weighted by Crippen LogP contribution is 2.16. The molecular formula is C21H23ClN2. The van der Waals surface area contributed by atoms with Crippen LogP contribution < -0.4 is 21.9 Å². The number of aromatic nitrogens is 1. The van der Waals surface area contributed by atoms with Gasteiger partial charge < -0.3 is 17.3 Å². The van der Waals surface area contributed by atoms with Crippen LogP contribution in [-0.2, 0) is 6.54 Å². The zero-order valence-corrected chi connectivity index (χ0v) is 15.2. The molecular weight excluding hydrogens is 316 g/mol. The number of rotatable bonds is 4. The number of halogens is 1. The Kier molecular flexibility index (Phi) is 5.99. The number of hydrogen-bond donors (Lipinski definition) is 0. The Morgan fingerprint density at radius 1 is 0.917 bits per heavy atom. The zero-order valence-electron chi connectivity index (χ0n) is 14.4. The molecule has 0 radical (unpaired) electrons. The summed E-state index contributed by atoms with van der Waals surface area (Å²) in [6.07, 6.45) is 4.38. The van der Waals surface area contributed by atoms with Crippen molar-refractivity contribution in [3.63, 3.8) is 0 Å². The highest BCUT2D eigenvalue weighted by molar-refractivity contribution is 5.77. The number of benzene rings is 2. The maximum Gasteiger partial charge on any atom is 0.212 e. The molecule has 0 spiro atoms. The molecule has 0 saturated heterocycles. The summed E-state index contributed by atoms with van der Waals surface area (Å²) in [5.41, 5.74) is 4.93. The van der Waals surface area contributed by atoms with E-state index in [9.17, 15) is 0 Å². The minimum atomic E-state index is 0. The van der Waals surface area contributed by atoms with E-state index in [0.717, 1.165) is 6.54 Å². The van der Waals surface area contributed by atoms with Crippen LogP contribution in [0.3, 0.4) is 0 Å². The predicted molar refractivity (Wildman–Crippen MR) is 99.5 cm³/mol. The summed E-state index contributed by atoms with van der Waals surface area (Å²) >= 11 is 0. The van der Waals surface area contributed by atoms with E-state index in [4.69, 9.17) is 0 Å². The van der Waals surface area contributed by atoms with Gasteiger partial charge in [0.15, 0.2) is 0 Å². The van der Waals surface area contributed by atoms with Crippen LogP contribution in [0.4, 0.5) is 5.69 Å². The normalized spacial score (nSPS) is 10.8. The summed E-state index contributed by atoms with van der Waals surface area (Å²) in [5.74, 6) is 0. The minimum absolute atomic E-state index is 0. The molecule has 0 aliphatic rings. The summed E-state index contributed by atoms with van der Waals surface area (Å²) < 4.78 is 2.35. The first-order chi connectivity index (χ1) is 11.2. The van der Waals surface area contributed by atoms with E-state index in [1.165, 1.54) is 27.8 Å². The smallest absolute Gasteiger partial charge is 0.212 e. The number of anilines is 1. The van der Waals surface area contributed by atoms with Gasteiger partial charge in [-0.1, -0.05) is 24.3 Å². The van der Waals surface area contributed by atoms with Crippen LogP contribution in [0, 0.1) is 0 Å². The minimum Gasteiger partial charge on any atom is -1.00 e. The second-order valence-electron chi connectivity index (χ2n) is 5.88. The van der Waals surface area contributed by atoms with E-state index < -0.39 is 0 Å². The monoisotopic (exact) mass is 338 g/mol. The molecule has 2 nitrogen and oxygen atoms in total. The second-order valence-corrected chi connectivity index (χ2v) is 5.88. The second kappa shape index (κ2) is 7.98. The molecule has 0 saturated carbocycles. The van der Waals surface area contributed by atoms with Gasteiger partial charge >= 0.3 is 0 Å². The third-order valence-electron chi connectivity index (χ3n) is 4.12. The lowest BCUT2D eigenvalue weighted by atomic mass is 10.1. The van der Waals surface area contributed by atoms with E-state index in [1.54, 1.807) is 0 Å². The maximum absolute atomic E-state index is 2.35. The van der Waals surface area contributed by atoms with Gasteiger partial charge in [-0.2, -0.15) is 4.57 Å². The molecule has 0 bridgehead atoms. The van der Waals surface area contributed by atoms with Crippen molar-refractivity contribution < 1.29 is 17.0 Å². The highest BCUT2D eigenvalue weighted by atomic mass is 35.5. The Labute approximate surface area is 150 Å². The standard InChI is InChI=1S/C21H23N2.ClH/c1-4-23-19(15-13-18-9-5-6-11-21(18)23)14-12-17-8-7-10-20(16-17)22(2)3;/h5-16H,4H2,1-3H3;1H/q+1;/p-1/b14-12+;. The molecule has 24 heavy (non-hydrogen) atoms. The van der Waals surface area contributed by atoms with E-state index in [2.05, 4.69) is 103 Å². The third-order valence-corrected chi connectivity index (χ3v) is 4.12. The fourth-order valence-corrected chi connectivity index (χ4v) is 2.87. The number of para-hydroxylation sites is 1. The van der Waals surface area contributed by atoms with Gasteiger partial charge in [0, 0.05) is 43.4 Å². The first-order valence-corrected chi connectivity index (χ1v) is 8.06. The van der Waals surface area contributed by atoms with E-state index in [-0.39, 0.29) is 12.4 Å². The van der Waals surface area contributed by atoms with Crippen molar-refractivity contribution in [1.29, 1.82) is 0 Å². The van der Waals surface area contributed by atoms with Gasteiger partial charge in [0.25, 0.3) is 0 Å². The largest absolute Gasteiger partial charge is 1.00 e. The van der Waals surface area contributed by atoms with E-state index >= 15 is 0 Å². The summed E-state index contributed by atoms with van der Waals surface area (Å²) in [6.45, 7) is 3.15. The number of nitrogens with zero attached hydrogens (tertiary/aromatic N) is 2. The summed E-state index contributed by atoms with van der Waals surface area (Å²) in [7, 11) is 4.13. The van der Waals surface area contributed by atoms with Gasteiger partial charge in [0.1, 0.15) is 6.54 Å². The molecule has 0 aliphatic heterocycles. The summed E-state index contributed by atoms with van der Waals surface area (Å²) in [4.78, 5) is 2.12. The van der Waals surface area contributed by atoms with Crippen molar-refractivity contribution in [1.82, 2.24) is 0 Å². The fourth-order valence-electron chi connectivity index (χ4n) is 2.87. The lowest BCUT2D eigenvalue weighted by Crippen LogP contribution is -3.00. The molecule has 3 aromatic rings. The van der Waals surface area contributed by atoms with Crippen molar-refractivity contribution in [3.05, 3.63) is 71.9 Å². The summed E-state index contributed by atoms with van der Waals surface area (Å²) in [5, 5.41) is 1.28. The van der Waals surface area contributed by atoms with Crippen LogP contribution >= 0.6 is 0 Å². The van der Waals surface area contributed by atoms with Crippen LogP contribution in [-0.4, -0.2) is 14.1 Å². The Balaban J connectivity index is 0.00000208. The first-order valence-electron chi connectivity index (χ1n) is 8.06. The number of pyridine rings is 1. The zero-order chi connectivity index (χ0) is 16.2. The summed E-state index contributed by atoms with van der Waals surface area (Å²) in [6, 6.07) is 21.5. The van der Waals surface area contributed by atoms with E-state index in [0.29, 0.717) is 0 Å². The quantitative estimate of drug-likeness (QED) is 0.652. The molecule has 124 valence electrons. The van der Waals surface area contributed by atoms with Crippen molar-refractivity contribution in [2.75, 3.05) is 19.0 Å². The predicted octanol–water partition coefficient (Wildman–Crippen LogP) is 1.39. The maximum atomic E-state index is 2.35. The van der Waals surface area contributed by atoms with Gasteiger partial charge in [-0.3, -0.25) is 0 Å². The molecule has 1 heterocycles.